The molecule has 0 fully saturated rings. The van der Waals surface area contributed by atoms with Gasteiger partial charge in [-0.05, 0) is 36.4 Å². The number of nitrogens with one attached hydrogen (secondary N) is 1. The Labute approximate surface area is 151 Å². The van der Waals surface area contributed by atoms with E-state index in [0.717, 1.165) is 16.5 Å². The topological polar surface area (TPSA) is 51.2 Å². The van der Waals surface area contributed by atoms with Crippen LogP contribution in [0, 0.1) is 0 Å². The van der Waals surface area contributed by atoms with Gasteiger partial charge >= 0.3 is 0 Å². The van der Waals surface area contributed by atoms with Gasteiger partial charge in [-0.1, -0.05) is 32.0 Å². The number of aromatic nitrogens is 1. The predicted octanol–water partition coefficient (Wildman–Crippen LogP) is 4.99. The van der Waals surface area contributed by atoms with Gasteiger partial charge in [-0.2, -0.15) is 0 Å². The van der Waals surface area contributed by atoms with Crippen LogP contribution >= 0.6 is 11.3 Å². The Hall–Kier alpha value is -2.66. The van der Waals surface area contributed by atoms with Gasteiger partial charge in [0.25, 0.3) is 5.91 Å². The minimum Gasteiger partial charge on any atom is -0.457 e. The molecule has 1 aromatic heterocycles. The zero-order valence-corrected chi connectivity index (χ0v) is 15.0. The molecule has 1 amide bonds. The second-order valence-electron chi connectivity index (χ2n) is 5.95. The molecule has 0 saturated heterocycles. The average Bonchev–Trinajstić information content (AvgIpc) is 3.11. The number of rotatable bonds is 6. The van der Waals surface area contributed by atoms with Crippen LogP contribution in [-0.2, 0) is 6.54 Å². The molecular formula is C20H20N2O2S. The van der Waals surface area contributed by atoms with E-state index in [9.17, 15) is 4.79 Å². The Balaban J connectivity index is 1.56. The molecule has 0 aliphatic rings. The first kappa shape index (κ1) is 17.2. The number of para-hydroxylation sites is 1. The molecule has 0 atom stereocenters. The number of nitrogens with zero attached hydrogens (tertiary/aromatic N) is 1. The van der Waals surface area contributed by atoms with E-state index >= 15 is 0 Å². The third kappa shape index (κ3) is 4.67. The molecule has 1 N–H and O–H groups in total. The minimum absolute atomic E-state index is 0.120. The Kier molecular flexibility index (Phi) is 5.46. The Bertz CT molecular complexity index is 826. The van der Waals surface area contributed by atoms with Crippen molar-refractivity contribution in [1.82, 2.24) is 10.3 Å². The van der Waals surface area contributed by atoms with E-state index in [1.54, 1.807) is 35.6 Å². The van der Waals surface area contributed by atoms with Crippen LogP contribution in [0.5, 0.6) is 11.5 Å². The Morgan fingerprint density at radius 3 is 2.40 bits per heavy atom. The molecule has 128 valence electrons. The van der Waals surface area contributed by atoms with Crippen LogP contribution in [0.3, 0.4) is 0 Å². The number of benzene rings is 2. The average molecular weight is 352 g/mol. The maximum absolute atomic E-state index is 12.3. The number of amides is 1. The summed E-state index contributed by atoms with van der Waals surface area (Å²) in [5.41, 5.74) is 1.49. The third-order valence-electron chi connectivity index (χ3n) is 3.59. The number of thiazole rings is 1. The zero-order valence-electron chi connectivity index (χ0n) is 14.2. The monoisotopic (exact) mass is 352 g/mol. The summed E-state index contributed by atoms with van der Waals surface area (Å²) in [6.45, 7) is 4.66. The lowest BCUT2D eigenvalue weighted by Crippen LogP contribution is -2.22. The maximum Gasteiger partial charge on any atom is 0.251 e. The molecule has 0 unspecified atom stereocenters. The first-order valence-electron chi connectivity index (χ1n) is 8.17. The highest BCUT2D eigenvalue weighted by Crippen LogP contribution is 2.21. The molecule has 3 rings (SSSR count). The Morgan fingerprint density at radius 2 is 1.76 bits per heavy atom. The maximum atomic E-state index is 12.3. The van der Waals surface area contributed by atoms with Crippen molar-refractivity contribution in [1.29, 1.82) is 0 Å². The number of carbonyl (C=O) groups excluding carboxylic acids is 1. The van der Waals surface area contributed by atoms with Crippen molar-refractivity contribution in [2.24, 2.45) is 0 Å². The van der Waals surface area contributed by atoms with Crippen LogP contribution in [0.1, 0.15) is 40.8 Å². The molecule has 0 bridgehead atoms. The number of hydrogen-bond donors (Lipinski definition) is 1. The van der Waals surface area contributed by atoms with Gasteiger partial charge in [-0.25, -0.2) is 4.98 Å². The summed E-state index contributed by atoms with van der Waals surface area (Å²) in [5, 5.41) is 5.98. The van der Waals surface area contributed by atoms with Gasteiger partial charge in [0.15, 0.2) is 0 Å². The van der Waals surface area contributed by atoms with E-state index in [4.69, 9.17) is 4.74 Å². The van der Waals surface area contributed by atoms with Crippen molar-refractivity contribution in [3.8, 4) is 11.5 Å². The number of ether oxygens (including phenoxy) is 1. The fourth-order valence-electron chi connectivity index (χ4n) is 2.24. The summed E-state index contributed by atoms with van der Waals surface area (Å²) >= 11 is 1.63. The highest BCUT2D eigenvalue weighted by molar-refractivity contribution is 7.09. The van der Waals surface area contributed by atoms with Crippen molar-refractivity contribution in [3.05, 3.63) is 76.2 Å². The fraction of sp³-hybridized carbons (Fsp3) is 0.200. The quantitative estimate of drug-likeness (QED) is 0.680. The van der Waals surface area contributed by atoms with Crippen molar-refractivity contribution in [3.63, 3.8) is 0 Å². The van der Waals surface area contributed by atoms with Gasteiger partial charge in [0, 0.05) is 16.9 Å². The van der Waals surface area contributed by atoms with Crippen molar-refractivity contribution >= 4 is 17.2 Å². The van der Waals surface area contributed by atoms with Crippen LogP contribution in [-0.4, -0.2) is 10.9 Å². The summed E-state index contributed by atoms with van der Waals surface area (Å²) < 4.78 is 5.73. The summed E-state index contributed by atoms with van der Waals surface area (Å²) in [5.74, 6) is 1.75. The molecule has 5 heteroatoms. The van der Waals surface area contributed by atoms with Gasteiger partial charge in [0.2, 0.25) is 0 Å². The molecular weight excluding hydrogens is 332 g/mol. The first-order chi connectivity index (χ1) is 12.1. The van der Waals surface area contributed by atoms with E-state index < -0.39 is 0 Å². The molecule has 25 heavy (non-hydrogen) atoms. The second kappa shape index (κ2) is 7.94. The van der Waals surface area contributed by atoms with Crippen molar-refractivity contribution in [2.75, 3.05) is 0 Å². The molecule has 0 spiro atoms. The summed E-state index contributed by atoms with van der Waals surface area (Å²) in [6.07, 6.45) is 0. The highest BCUT2D eigenvalue weighted by Gasteiger charge is 2.09. The van der Waals surface area contributed by atoms with Gasteiger partial charge in [-0.15, -0.1) is 11.3 Å². The van der Waals surface area contributed by atoms with Crippen LogP contribution < -0.4 is 10.1 Å². The molecule has 0 aliphatic carbocycles. The molecule has 0 aliphatic heterocycles. The molecule has 0 radical (unpaired) electrons. The van der Waals surface area contributed by atoms with E-state index in [0.29, 0.717) is 23.8 Å². The molecule has 3 aromatic rings. The minimum atomic E-state index is -0.120. The largest absolute Gasteiger partial charge is 0.457 e. The number of carbonyl (C=O) groups is 1. The smallest absolute Gasteiger partial charge is 0.251 e. The van der Waals surface area contributed by atoms with Crippen molar-refractivity contribution in [2.45, 2.75) is 26.3 Å². The summed E-state index contributed by atoms with van der Waals surface area (Å²) in [4.78, 5) is 16.8. The van der Waals surface area contributed by atoms with Crippen LogP contribution in [0.25, 0.3) is 0 Å². The lowest BCUT2D eigenvalue weighted by atomic mass is 10.2. The standard InChI is InChI=1S/C20H20N2O2S/c1-14(2)20-22-16(13-25-20)12-21-19(23)15-8-10-18(11-9-15)24-17-6-4-3-5-7-17/h3-11,13-14H,12H2,1-2H3,(H,21,23). The van der Waals surface area contributed by atoms with Gasteiger partial charge in [-0.3, -0.25) is 4.79 Å². The first-order valence-corrected chi connectivity index (χ1v) is 9.05. The van der Waals surface area contributed by atoms with E-state index in [-0.39, 0.29) is 5.91 Å². The molecule has 0 saturated carbocycles. The van der Waals surface area contributed by atoms with Crippen LogP contribution in [0.15, 0.2) is 60.0 Å². The molecule has 4 nitrogen and oxygen atoms in total. The van der Waals surface area contributed by atoms with E-state index in [1.807, 2.05) is 35.7 Å². The highest BCUT2D eigenvalue weighted by atomic mass is 32.1. The lowest BCUT2D eigenvalue weighted by Gasteiger charge is -2.07. The predicted molar refractivity (Wildman–Crippen MR) is 100 cm³/mol. The molecule has 1 heterocycles. The van der Waals surface area contributed by atoms with E-state index in [2.05, 4.69) is 24.1 Å². The van der Waals surface area contributed by atoms with Gasteiger partial charge < -0.3 is 10.1 Å². The van der Waals surface area contributed by atoms with Gasteiger partial charge in [0.1, 0.15) is 11.5 Å². The van der Waals surface area contributed by atoms with Crippen molar-refractivity contribution < 1.29 is 9.53 Å². The SMILES string of the molecule is CC(C)c1nc(CNC(=O)c2ccc(Oc3ccccc3)cc2)cs1. The molecule has 2 aromatic carbocycles. The summed E-state index contributed by atoms with van der Waals surface area (Å²) in [7, 11) is 0. The number of hydrogen-bond acceptors (Lipinski definition) is 4. The van der Waals surface area contributed by atoms with E-state index in [1.165, 1.54) is 0 Å². The fourth-order valence-corrected chi connectivity index (χ4v) is 3.08. The second-order valence-corrected chi connectivity index (χ2v) is 6.84. The van der Waals surface area contributed by atoms with Crippen LogP contribution in [0.2, 0.25) is 0 Å². The summed E-state index contributed by atoms with van der Waals surface area (Å²) in [6, 6.07) is 16.7. The Morgan fingerprint density at radius 1 is 1.08 bits per heavy atom. The lowest BCUT2D eigenvalue weighted by molar-refractivity contribution is 0.0950. The third-order valence-corrected chi connectivity index (χ3v) is 4.78. The zero-order chi connectivity index (χ0) is 17.6. The van der Waals surface area contributed by atoms with Crippen LogP contribution in [0.4, 0.5) is 0 Å². The normalized spacial score (nSPS) is 10.7. The van der Waals surface area contributed by atoms with Gasteiger partial charge in [0.05, 0.1) is 17.2 Å².